The largest absolute Gasteiger partial charge is 0.238 e. The summed E-state index contributed by atoms with van der Waals surface area (Å²) in [5, 5.41) is 0. The van der Waals surface area contributed by atoms with Crippen molar-refractivity contribution < 1.29 is 0 Å². The van der Waals surface area contributed by atoms with Crippen LogP contribution in [0.25, 0.3) is 0 Å². The van der Waals surface area contributed by atoms with E-state index in [1.807, 2.05) is 13.8 Å². The van der Waals surface area contributed by atoms with Gasteiger partial charge in [-0.15, -0.1) is 0 Å². The second-order valence-electron chi connectivity index (χ2n) is 3.74. The van der Waals surface area contributed by atoms with Crippen LogP contribution in [-0.4, -0.2) is 9.97 Å². The zero-order valence-corrected chi connectivity index (χ0v) is 10.1. The van der Waals surface area contributed by atoms with Gasteiger partial charge in [-0.05, 0) is 35.7 Å². The smallest absolute Gasteiger partial charge is 0.130 e. The summed E-state index contributed by atoms with van der Waals surface area (Å²) >= 11 is 3.44. The first-order valence-corrected chi connectivity index (χ1v) is 5.29. The zero-order chi connectivity index (χ0) is 10.0. The van der Waals surface area contributed by atoms with Gasteiger partial charge in [-0.1, -0.05) is 13.8 Å². The van der Waals surface area contributed by atoms with Crippen LogP contribution in [0.5, 0.6) is 0 Å². The number of halogens is 1. The molecule has 0 aliphatic rings. The summed E-state index contributed by atoms with van der Waals surface area (Å²) in [4.78, 5) is 8.81. The van der Waals surface area contributed by atoms with Gasteiger partial charge in [-0.2, -0.15) is 0 Å². The highest BCUT2D eigenvalue weighted by Crippen LogP contribution is 2.16. The van der Waals surface area contributed by atoms with Crippen molar-refractivity contribution in [3.05, 3.63) is 21.7 Å². The van der Waals surface area contributed by atoms with Crippen LogP contribution in [0, 0.1) is 19.8 Å². The lowest BCUT2D eigenvalue weighted by atomic mass is 10.1. The second-order valence-corrected chi connectivity index (χ2v) is 4.49. The highest BCUT2D eigenvalue weighted by molar-refractivity contribution is 9.10. The van der Waals surface area contributed by atoms with Crippen molar-refractivity contribution in [3.63, 3.8) is 0 Å². The van der Waals surface area contributed by atoms with Crippen LogP contribution < -0.4 is 0 Å². The Balaban J connectivity index is 2.99. The number of hydrogen-bond donors (Lipinski definition) is 0. The molecule has 0 radical (unpaired) electrons. The number of aromatic nitrogens is 2. The minimum absolute atomic E-state index is 0.606. The Morgan fingerprint density at radius 2 is 1.85 bits per heavy atom. The van der Waals surface area contributed by atoms with Crippen molar-refractivity contribution >= 4 is 15.9 Å². The Bertz CT molecular complexity index is 285. The number of rotatable bonds is 2. The molecule has 0 spiro atoms. The summed E-state index contributed by atoms with van der Waals surface area (Å²) in [6.45, 7) is 8.39. The van der Waals surface area contributed by atoms with Gasteiger partial charge in [-0.25, -0.2) is 9.97 Å². The van der Waals surface area contributed by atoms with Crippen molar-refractivity contribution in [2.24, 2.45) is 5.92 Å². The van der Waals surface area contributed by atoms with E-state index in [4.69, 9.17) is 0 Å². The average molecular weight is 243 g/mol. The molecule has 0 saturated heterocycles. The molecule has 1 rings (SSSR count). The van der Waals surface area contributed by atoms with Crippen molar-refractivity contribution in [2.45, 2.75) is 34.1 Å². The molecule has 0 N–H and O–H groups in total. The molecule has 0 aromatic carbocycles. The zero-order valence-electron chi connectivity index (χ0n) is 8.56. The standard InChI is InChI=1S/C10H15BrN2/c1-6(2)5-9-12-8(4)7(3)10(11)13-9/h6H,5H2,1-4H3. The third-order valence-electron chi connectivity index (χ3n) is 1.97. The lowest BCUT2D eigenvalue weighted by Crippen LogP contribution is -2.04. The molecule has 13 heavy (non-hydrogen) atoms. The van der Waals surface area contributed by atoms with Crippen LogP contribution in [0.2, 0.25) is 0 Å². The average Bonchev–Trinajstić information content (AvgIpc) is 1.98. The van der Waals surface area contributed by atoms with Crippen molar-refractivity contribution in [3.8, 4) is 0 Å². The Morgan fingerprint density at radius 1 is 1.23 bits per heavy atom. The third kappa shape index (κ3) is 2.76. The highest BCUT2D eigenvalue weighted by atomic mass is 79.9. The molecule has 0 aliphatic heterocycles. The van der Waals surface area contributed by atoms with Crippen molar-refractivity contribution in [1.82, 2.24) is 9.97 Å². The van der Waals surface area contributed by atoms with E-state index in [0.717, 1.165) is 28.1 Å². The van der Waals surface area contributed by atoms with E-state index in [1.165, 1.54) is 0 Å². The summed E-state index contributed by atoms with van der Waals surface area (Å²) in [5.74, 6) is 1.54. The number of nitrogens with zero attached hydrogens (tertiary/aromatic N) is 2. The van der Waals surface area contributed by atoms with Crippen LogP contribution in [0.1, 0.15) is 30.9 Å². The van der Waals surface area contributed by atoms with E-state index in [2.05, 4.69) is 39.7 Å². The Labute approximate surface area is 87.9 Å². The fourth-order valence-corrected chi connectivity index (χ4v) is 1.60. The van der Waals surface area contributed by atoms with Gasteiger partial charge < -0.3 is 0 Å². The maximum absolute atomic E-state index is 4.43. The molecule has 1 aromatic heterocycles. The normalized spacial score (nSPS) is 10.9. The lowest BCUT2D eigenvalue weighted by molar-refractivity contribution is 0.616. The maximum atomic E-state index is 4.43. The van der Waals surface area contributed by atoms with Gasteiger partial charge in [0, 0.05) is 17.7 Å². The van der Waals surface area contributed by atoms with E-state index < -0.39 is 0 Å². The van der Waals surface area contributed by atoms with E-state index >= 15 is 0 Å². The summed E-state index contributed by atoms with van der Waals surface area (Å²) in [7, 11) is 0. The molecule has 0 saturated carbocycles. The first kappa shape index (κ1) is 10.6. The van der Waals surface area contributed by atoms with Crippen LogP contribution in [0.3, 0.4) is 0 Å². The minimum Gasteiger partial charge on any atom is -0.238 e. The predicted octanol–water partition coefficient (Wildman–Crippen LogP) is 3.05. The van der Waals surface area contributed by atoms with Gasteiger partial charge in [0.05, 0.1) is 0 Å². The Morgan fingerprint density at radius 3 is 2.31 bits per heavy atom. The summed E-state index contributed by atoms with van der Waals surface area (Å²) in [5.41, 5.74) is 2.20. The summed E-state index contributed by atoms with van der Waals surface area (Å²) in [6.07, 6.45) is 0.944. The first-order chi connectivity index (χ1) is 6.00. The number of hydrogen-bond acceptors (Lipinski definition) is 2. The number of aryl methyl sites for hydroxylation is 1. The van der Waals surface area contributed by atoms with E-state index in [1.54, 1.807) is 0 Å². The predicted molar refractivity (Wildman–Crippen MR) is 57.7 cm³/mol. The molecule has 0 atom stereocenters. The third-order valence-corrected chi connectivity index (χ3v) is 2.74. The molecular formula is C10H15BrN2. The van der Waals surface area contributed by atoms with E-state index in [9.17, 15) is 0 Å². The van der Waals surface area contributed by atoms with E-state index in [-0.39, 0.29) is 0 Å². The quantitative estimate of drug-likeness (QED) is 0.746. The molecule has 0 unspecified atom stereocenters. The molecular weight excluding hydrogens is 228 g/mol. The molecule has 72 valence electrons. The lowest BCUT2D eigenvalue weighted by Gasteiger charge is -2.07. The van der Waals surface area contributed by atoms with Crippen LogP contribution in [0.4, 0.5) is 0 Å². The first-order valence-electron chi connectivity index (χ1n) is 4.50. The van der Waals surface area contributed by atoms with Crippen LogP contribution >= 0.6 is 15.9 Å². The fraction of sp³-hybridized carbons (Fsp3) is 0.600. The van der Waals surface area contributed by atoms with Gasteiger partial charge in [0.2, 0.25) is 0 Å². The van der Waals surface area contributed by atoms with Gasteiger partial charge in [-0.3, -0.25) is 0 Å². The molecule has 2 nitrogen and oxygen atoms in total. The van der Waals surface area contributed by atoms with Crippen LogP contribution in [-0.2, 0) is 6.42 Å². The fourth-order valence-electron chi connectivity index (χ4n) is 1.11. The van der Waals surface area contributed by atoms with Gasteiger partial charge in [0.25, 0.3) is 0 Å². The SMILES string of the molecule is Cc1nc(CC(C)C)nc(Br)c1C. The molecule has 1 heterocycles. The topological polar surface area (TPSA) is 25.8 Å². The monoisotopic (exact) mass is 242 g/mol. The summed E-state index contributed by atoms with van der Waals surface area (Å²) in [6, 6.07) is 0. The van der Waals surface area contributed by atoms with E-state index in [0.29, 0.717) is 5.92 Å². The second kappa shape index (κ2) is 4.18. The maximum Gasteiger partial charge on any atom is 0.130 e. The molecule has 0 aliphatic carbocycles. The van der Waals surface area contributed by atoms with Crippen molar-refractivity contribution in [2.75, 3.05) is 0 Å². The molecule has 0 fully saturated rings. The van der Waals surface area contributed by atoms with Gasteiger partial charge in [0.15, 0.2) is 0 Å². The minimum atomic E-state index is 0.606. The Hall–Kier alpha value is -0.440. The molecule has 0 amide bonds. The summed E-state index contributed by atoms with van der Waals surface area (Å²) < 4.78 is 0.927. The Kier molecular flexibility index (Phi) is 3.42. The molecule has 0 bridgehead atoms. The van der Waals surface area contributed by atoms with Crippen LogP contribution in [0.15, 0.2) is 4.60 Å². The van der Waals surface area contributed by atoms with Gasteiger partial charge in [0.1, 0.15) is 10.4 Å². The van der Waals surface area contributed by atoms with Gasteiger partial charge >= 0.3 is 0 Å². The molecule has 1 aromatic rings. The van der Waals surface area contributed by atoms with Crippen molar-refractivity contribution in [1.29, 1.82) is 0 Å². The molecule has 3 heteroatoms. The highest BCUT2D eigenvalue weighted by Gasteiger charge is 2.06.